The van der Waals surface area contributed by atoms with Crippen LogP contribution < -0.4 is 0 Å². The molecule has 0 spiro atoms. The fraction of sp³-hybridized carbons (Fsp3) is 0.529. The molecule has 1 aromatic carbocycles. The SMILES string of the molecule is CC.CC(=O)CC=O.CCOC.CSc1ccc(CBr)cc1. The molecule has 0 radical (unpaired) electrons. The molecule has 3 nitrogen and oxygen atoms in total. The summed E-state index contributed by atoms with van der Waals surface area (Å²) in [5, 5.41) is 0.946. The Morgan fingerprint density at radius 1 is 1.27 bits per heavy atom. The Labute approximate surface area is 148 Å². The van der Waals surface area contributed by atoms with Gasteiger partial charge >= 0.3 is 0 Å². The van der Waals surface area contributed by atoms with Crippen LogP contribution in [0.3, 0.4) is 0 Å². The Bertz CT molecular complexity index is 328. The summed E-state index contributed by atoms with van der Waals surface area (Å²) in [7, 11) is 1.68. The van der Waals surface area contributed by atoms with Crippen molar-refractivity contribution >= 4 is 39.8 Å². The van der Waals surface area contributed by atoms with Crippen molar-refractivity contribution in [2.24, 2.45) is 0 Å². The second kappa shape index (κ2) is 22.6. The average molecular weight is 393 g/mol. The summed E-state index contributed by atoms with van der Waals surface area (Å²) in [5.74, 6) is -0.0787. The van der Waals surface area contributed by atoms with E-state index in [0.717, 1.165) is 11.9 Å². The number of rotatable bonds is 5. The summed E-state index contributed by atoms with van der Waals surface area (Å²) in [6.07, 6.45) is 2.74. The Kier molecular flexibility index (Phi) is 27.0. The van der Waals surface area contributed by atoms with Gasteiger partial charge < -0.3 is 9.53 Å². The second-order valence-corrected chi connectivity index (χ2v) is 5.07. The van der Waals surface area contributed by atoms with E-state index in [1.165, 1.54) is 17.4 Å². The van der Waals surface area contributed by atoms with Crippen LogP contribution in [0.1, 0.15) is 39.7 Å². The van der Waals surface area contributed by atoms with Crippen molar-refractivity contribution in [1.82, 2.24) is 0 Å². The fourth-order valence-electron chi connectivity index (χ4n) is 0.832. The maximum Gasteiger partial charge on any atom is 0.136 e. The van der Waals surface area contributed by atoms with Crippen LogP contribution in [0.25, 0.3) is 0 Å². The van der Waals surface area contributed by atoms with Gasteiger partial charge in [0.05, 0.1) is 6.42 Å². The minimum absolute atomic E-state index is 0.0556. The number of aldehydes is 1. The second-order valence-electron chi connectivity index (χ2n) is 3.63. The number of halogens is 1. The van der Waals surface area contributed by atoms with E-state index in [0.29, 0.717) is 6.29 Å². The number of ketones is 1. The number of ether oxygens (including phenoxy) is 1. The van der Waals surface area contributed by atoms with Gasteiger partial charge in [-0.3, -0.25) is 4.79 Å². The lowest BCUT2D eigenvalue weighted by molar-refractivity contribution is -0.120. The van der Waals surface area contributed by atoms with E-state index in [2.05, 4.69) is 51.2 Å². The maximum absolute atomic E-state index is 9.81. The largest absolute Gasteiger partial charge is 0.385 e. The number of Topliss-reactive ketones (excluding diaryl/α,β-unsaturated/α-hetero) is 1. The number of alkyl halides is 1. The third-order valence-electron chi connectivity index (χ3n) is 1.97. The van der Waals surface area contributed by atoms with Gasteiger partial charge in [-0.05, 0) is 37.8 Å². The first-order chi connectivity index (χ1) is 10.5. The Morgan fingerprint density at radius 3 is 1.91 bits per heavy atom. The first-order valence-electron chi connectivity index (χ1n) is 7.16. The van der Waals surface area contributed by atoms with Gasteiger partial charge in [-0.15, -0.1) is 11.8 Å². The molecule has 5 heteroatoms. The van der Waals surface area contributed by atoms with Gasteiger partial charge in [-0.2, -0.15) is 0 Å². The monoisotopic (exact) mass is 392 g/mol. The van der Waals surface area contributed by atoms with Crippen molar-refractivity contribution in [2.75, 3.05) is 20.0 Å². The molecule has 1 aromatic rings. The number of benzene rings is 1. The van der Waals surface area contributed by atoms with E-state index in [1.54, 1.807) is 18.9 Å². The fourth-order valence-corrected chi connectivity index (χ4v) is 1.61. The summed E-state index contributed by atoms with van der Waals surface area (Å²) in [6, 6.07) is 8.56. The number of hydrogen-bond donors (Lipinski definition) is 0. The molecule has 0 aromatic heterocycles. The molecule has 0 unspecified atom stereocenters. The van der Waals surface area contributed by atoms with Gasteiger partial charge in [0, 0.05) is 23.9 Å². The predicted octanol–water partition coefficient (Wildman–Crippen LogP) is 5.15. The van der Waals surface area contributed by atoms with Gasteiger partial charge in [0.1, 0.15) is 12.1 Å². The highest BCUT2D eigenvalue weighted by Crippen LogP contribution is 2.15. The Balaban J connectivity index is -0.000000259. The van der Waals surface area contributed by atoms with Crippen molar-refractivity contribution < 1.29 is 14.3 Å². The van der Waals surface area contributed by atoms with E-state index in [-0.39, 0.29) is 12.2 Å². The number of carbonyl (C=O) groups excluding carboxylic acids is 2. The normalized spacial score (nSPS) is 8.14. The predicted molar refractivity (Wildman–Crippen MR) is 101 cm³/mol. The third-order valence-corrected chi connectivity index (χ3v) is 3.36. The molecule has 0 heterocycles. The topological polar surface area (TPSA) is 43.4 Å². The van der Waals surface area contributed by atoms with Crippen molar-refractivity contribution in [3.05, 3.63) is 29.8 Å². The molecule has 0 amide bonds. The zero-order valence-electron chi connectivity index (χ0n) is 14.5. The molecule has 0 atom stereocenters. The Morgan fingerprint density at radius 2 is 1.73 bits per heavy atom. The van der Waals surface area contributed by atoms with Crippen LogP contribution in [-0.2, 0) is 19.7 Å². The zero-order chi connectivity index (χ0) is 17.8. The molecular formula is C17H29BrO3S. The van der Waals surface area contributed by atoms with Crippen molar-refractivity contribution in [3.63, 3.8) is 0 Å². The van der Waals surface area contributed by atoms with Gasteiger partial charge in [0.2, 0.25) is 0 Å². The highest BCUT2D eigenvalue weighted by atomic mass is 79.9. The summed E-state index contributed by atoms with van der Waals surface area (Å²) in [5.41, 5.74) is 1.33. The standard InChI is InChI=1S/C8H9BrS.C4H6O2.C3H8O.C2H6/c1-10-8-4-2-7(6-9)3-5-8;1-4(6)2-3-5;1-3-4-2;1-2/h2-5H,6H2,1H3;3H,2H2,1H3;3H2,1-2H3;1-2H3. The molecule has 0 aliphatic rings. The first kappa shape index (κ1) is 26.3. The number of hydrogen-bond acceptors (Lipinski definition) is 4. The minimum Gasteiger partial charge on any atom is -0.385 e. The summed E-state index contributed by atoms with van der Waals surface area (Å²) >= 11 is 5.17. The molecule has 0 aliphatic carbocycles. The highest BCUT2D eigenvalue weighted by molar-refractivity contribution is 9.08. The lowest BCUT2D eigenvalue weighted by atomic mass is 10.2. The quantitative estimate of drug-likeness (QED) is 0.300. The number of carbonyl (C=O) groups is 2. The van der Waals surface area contributed by atoms with Gasteiger partial charge in [0.25, 0.3) is 0 Å². The van der Waals surface area contributed by atoms with Gasteiger partial charge in [0.15, 0.2) is 0 Å². The molecule has 1 rings (SSSR count). The zero-order valence-corrected chi connectivity index (χ0v) is 16.9. The van der Waals surface area contributed by atoms with Gasteiger partial charge in [-0.25, -0.2) is 0 Å². The molecule has 0 saturated carbocycles. The summed E-state index contributed by atoms with van der Waals surface area (Å²) < 4.78 is 4.54. The van der Waals surface area contributed by atoms with E-state index in [1.807, 2.05) is 20.8 Å². The molecule has 0 N–H and O–H groups in total. The lowest BCUT2D eigenvalue weighted by Crippen LogP contribution is -1.87. The highest BCUT2D eigenvalue weighted by Gasteiger charge is 1.89. The smallest absolute Gasteiger partial charge is 0.136 e. The molecule has 22 heavy (non-hydrogen) atoms. The van der Waals surface area contributed by atoms with E-state index >= 15 is 0 Å². The van der Waals surface area contributed by atoms with Crippen LogP contribution in [0.2, 0.25) is 0 Å². The molecule has 128 valence electrons. The molecule has 0 fully saturated rings. The van der Waals surface area contributed by atoms with Crippen LogP contribution >= 0.6 is 27.7 Å². The van der Waals surface area contributed by atoms with Crippen molar-refractivity contribution in [2.45, 2.75) is 44.3 Å². The maximum atomic E-state index is 9.81. The summed E-state index contributed by atoms with van der Waals surface area (Å²) in [4.78, 5) is 20.5. The molecule has 0 saturated heterocycles. The lowest BCUT2D eigenvalue weighted by Gasteiger charge is -1.96. The van der Waals surface area contributed by atoms with E-state index in [9.17, 15) is 9.59 Å². The minimum atomic E-state index is -0.0787. The first-order valence-corrected chi connectivity index (χ1v) is 9.51. The van der Waals surface area contributed by atoms with Gasteiger partial charge in [-0.1, -0.05) is 41.9 Å². The molecule has 0 bridgehead atoms. The molecule has 0 aliphatic heterocycles. The van der Waals surface area contributed by atoms with E-state index in [4.69, 9.17) is 0 Å². The van der Waals surface area contributed by atoms with Crippen LogP contribution in [0.15, 0.2) is 29.2 Å². The number of methoxy groups -OCH3 is 1. The molecular weight excluding hydrogens is 364 g/mol. The van der Waals surface area contributed by atoms with Crippen molar-refractivity contribution in [1.29, 1.82) is 0 Å². The summed E-state index contributed by atoms with van der Waals surface area (Å²) in [6.45, 7) is 8.16. The van der Waals surface area contributed by atoms with Crippen LogP contribution in [0, 0.1) is 0 Å². The average Bonchev–Trinajstić information content (AvgIpc) is 2.57. The van der Waals surface area contributed by atoms with E-state index < -0.39 is 0 Å². The van der Waals surface area contributed by atoms with Crippen LogP contribution in [0.5, 0.6) is 0 Å². The van der Waals surface area contributed by atoms with Crippen LogP contribution in [-0.4, -0.2) is 32.0 Å². The third kappa shape index (κ3) is 21.6. The Hall–Kier alpha value is -0.650. The van der Waals surface area contributed by atoms with Crippen LogP contribution in [0.4, 0.5) is 0 Å². The number of thioether (sulfide) groups is 1. The van der Waals surface area contributed by atoms with Crippen molar-refractivity contribution in [3.8, 4) is 0 Å².